The van der Waals surface area contributed by atoms with Crippen LogP contribution in [0.25, 0.3) is 0 Å². The second-order valence-electron chi connectivity index (χ2n) is 8.99. The van der Waals surface area contributed by atoms with Gasteiger partial charge in [-0.3, -0.25) is 9.69 Å². The van der Waals surface area contributed by atoms with Crippen LogP contribution in [0.15, 0.2) is 48.5 Å². The number of rotatable bonds is 5. The summed E-state index contributed by atoms with van der Waals surface area (Å²) in [6.45, 7) is 7.11. The van der Waals surface area contributed by atoms with E-state index in [1.807, 2.05) is 12.1 Å². The van der Waals surface area contributed by atoms with Gasteiger partial charge in [0, 0.05) is 5.56 Å². The SMILES string of the molecule is CC(C)(C)OC(=O)N1[C@H](c2ccc(OCc3ccccc3F)cc2)CC[C@]1(C)C(N)=O. The molecule has 3 rings (SSSR count). The molecule has 2 aromatic carbocycles. The number of hydrogen-bond donors (Lipinski definition) is 1. The topological polar surface area (TPSA) is 81.9 Å². The quantitative estimate of drug-likeness (QED) is 0.747. The van der Waals surface area contributed by atoms with E-state index in [1.54, 1.807) is 58.0 Å². The second kappa shape index (κ2) is 8.57. The van der Waals surface area contributed by atoms with Gasteiger partial charge in [-0.2, -0.15) is 0 Å². The van der Waals surface area contributed by atoms with Gasteiger partial charge in [-0.25, -0.2) is 9.18 Å². The van der Waals surface area contributed by atoms with Crippen LogP contribution in [-0.4, -0.2) is 28.0 Å². The van der Waals surface area contributed by atoms with Crippen molar-refractivity contribution in [2.75, 3.05) is 0 Å². The lowest BCUT2D eigenvalue weighted by molar-refractivity contribution is -0.128. The normalized spacial score (nSPS) is 21.1. The van der Waals surface area contributed by atoms with E-state index in [9.17, 15) is 14.0 Å². The maximum Gasteiger partial charge on any atom is 0.411 e. The van der Waals surface area contributed by atoms with Gasteiger partial charge < -0.3 is 15.2 Å². The maximum atomic E-state index is 13.8. The Labute approximate surface area is 182 Å². The van der Waals surface area contributed by atoms with Crippen molar-refractivity contribution in [3.63, 3.8) is 0 Å². The van der Waals surface area contributed by atoms with Gasteiger partial charge in [0.05, 0.1) is 6.04 Å². The predicted molar refractivity (Wildman–Crippen MR) is 115 cm³/mol. The molecular weight excluding hydrogens is 399 g/mol. The van der Waals surface area contributed by atoms with Crippen LogP contribution in [0.5, 0.6) is 5.75 Å². The molecule has 6 nitrogen and oxygen atoms in total. The van der Waals surface area contributed by atoms with Crippen molar-refractivity contribution in [1.82, 2.24) is 4.90 Å². The van der Waals surface area contributed by atoms with Gasteiger partial charge in [0.1, 0.15) is 29.3 Å². The van der Waals surface area contributed by atoms with E-state index >= 15 is 0 Å². The Bertz CT molecular complexity index is 955. The number of likely N-dealkylation sites (tertiary alicyclic amines) is 1. The van der Waals surface area contributed by atoms with Gasteiger partial charge in [0.25, 0.3) is 0 Å². The molecule has 1 fully saturated rings. The Hall–Kier alpha value is -3.09. The molecule has 166 valence electrons. The summed E-state index contributed by atoms with van der Waals surface area (Å²) in [5.74, 6) is -0.305. The molecule has 1 heterocycles. The number of nitrogens with two attached hydrogens (primary N) is 1. The molecule has 1 saturated heterocycles. The third kappa shape index (κ3) is 4.98. The Kier molecular flexibility index (Phi) is 6.25. The van der Waals surface area contributed by atoms with Crippen LogP contribution in [0.2, 0.25) is 0 Å². The lowest BCUT2D eigenvalue weighted by atomic mass is 9.98. The highest BCUT2D eigenvalue weighted by atomic mass is 19.1. The minimum absolute atomic E-state index is 0.110. The summed E-state index contributed by atoms with van der Waals surface area (Å²) in [7, 11) is 0. The zero-order chi connectivity index (χ0) is 22.8. The van der Waals surface area contributed by atoms with E-state index in [4.69, 9.17) is 15.2 Å². The molecule has 1 aliphatic heterocycles. The molecule has 0 spiro atoms. The number of carbonyl (C=O) groups excluding carboxylic acids is 2. The lowest BCUT2D eigenvalue weighted by Crippen LogP contribution is -2.55. The maximum absolute atomic E-state index is 13.8. The minimum Gasteiger partial charge on any atom is -0.489 e. The smallest absolute Gasteiger partial charge is 0.411 e. The lowest BCUT2D eigenvalue weighted by Gasteiger charge is -2.37. The molecule has 7 heteroatoms. The van der Waals surface area contributed by atoms with Crippen LogP contribution < -0.4 is 10.5 Å². The first-order valence-electron chi connectivity index (χ1n) is 10.3. The van der Waals surface area contributed by atoms with Crippen LogP contribution in [0.1, 0.15) is 57.7 Å². The number of halogens is 1. The molecule has 0 aromatic heterocycles. The summed E-state index contributed by atoms with van der Waals surface area (Å²) in [4.78, 5) is 26.6. The summed E-state index contributed by atoms with van der Waals surface area (Å²) in [5, 5.41) is 0. The molecule has 0 saturated carbocycles. The van der Waals surface area contributed by atoms with E-state index in [-0.39, 0.29) is 18.5 Å². The number of benzene rings is 2. The summed E-state index contributed by atoms with van der Waals surface area (Å²) in [6, 6.07) is 13.3. The first kappa shape index (κ1) is 22.6. The summed E-state index contributed by atoms with van der Waals surface area (Å²) in [6.07, 6.45) is 0.447. The molecule has 0 unspecified atom stereocenters. The molecule has 2 aromatic rings. The number of amides is 2. The number of primary amides is 1. The molecule has 2 atom stereocenters. The van der Waals surface area contributed by atoms with Crippen LogP contribution in [0, 0.1) is 5.82 Å². The molecule has 0 aliphatic carbocycles. The van der Waals surface area contributed by atoms with E-state index < -0.39 is 23.1 Å². The van der Waals surface area contributed by atoms with Gasteiger partial charge in [-0.05, 0) is 64.3 Å². The first-order chi connectivity index (χ1) is 14.5. The van der Waals surface area contributed by atoms with E-state index in [1.165, 1.54) is 11.0 Å². The molecule has 1 aliphatic rings. The van der Waals surface area contributed by atoms with E-state index in [2.05, 4.69) is 0 Å². The average molecular weight is 429 g/mol. The van der Waals surface area contributed by atoms with Crippen LogP contribution in [-0.2, 0) is 16.1 Å². The van der Waals surface area contributed by atoms with Gasteiger partial charge in [0.2, 0.25) is 5.91 Å². The summed E-state index contributed by atoms with van der Waals surface area (Å²) in [5.41, 5.74) is 5.13. The second-order valence-corrected chi connectivity index (χ2v) is 8.99. The number of nitrogens with zero attached hydrogens (tertiary/aromatic N) is 1. The van der Waals surface area contributed by atoms with Gasteiger partial charge in [0.15, 0.2) is 0 Å². The van der Waals surface area contributed by atoms with Crippen molar-refractivity contribution in [2.45, 2.75) is 64.3 Å². The first-order valence-corrected chi connectivity index (χ1v) is 10.3. The Balaban J connectivity index is 1.79. The highest BCUT2D eigenvalue weighted by Crippen LogP contribution is 2.43. The number of ether oxygens (including phenoxy) is 2. The largest absolute Gasteiger partial charge is 0.489 e. The monoisotopic (exact) mass is 428 g/mol. The van der Waals surface area contributed by atoms with Crippen molar-refractivity contribution < 1.29 is 23.5 Å². The molecule has 2 amide bonds. The predicted octanol–water partition coefficient (Wildman–Crippen LogP) is 4.72. The Morgan fingerprint density at radius 3 is 2.39 bits per heavy atom. The minimum atomic E-state index is -1.13. The van der Waals surface area contributed by atoms with Crippen molar-refractivity contribution >= 4 is 12.0 Å². The van der Waals surface area contributed by atoms with Crippen molar-refractivity contribution in [3.8, 4) is 5.75 Å². The van der Waals surface area contributed by atoms with E-state index in [0.29, 0.717) is 24.2 Å². The van der Waals surface area contributed by atoms with Crippen LogP contribution in [0.3, 0.4) is 0 Å². The van der Waals surface area contributed by atoms with Gasteiger partial charge >= 0.3 is 6.09 Å². The van der Waals surface area contributed by atoms with Gasteiger partial charge in [-0.15, -0.1) is 0 Å². The molecular formula is C24H29FN2O4. The fourth-order valence-electron chi connectivity index (χ4n) is 3.77. The summed E-state index contributed by atoms with van der Waals surface area (Å²) < 4.78 is 25.0. The number of carbonyl (C=O) groups is 2. The average Bonchev–Trinajstić information content (AvgIpc) is 3.05. The van der Waals surface area contributed by atoms with Crippen molar-refractivity contribution in [3.05, 3.63) is 65.5 Å². The Morgan fingerprint density at radius 2 is 1.81 bits per heavy atom. The van der Waals surface area contributed by atoms with Crippen LogP contribution >= 0.6 is 0 Å². The third-order valence-corrected chi connectivity index (χ3v) is 5.49. The Morgan fingerprint density at radius 1 is 1.16 bits per heavy atom. The molecule has 31 heavy (non-hydrogen) atoms. The van der Waals surface area contributed by atoms with Crippen molar-refractivity contribution in [1.29, 1.82) is 0 Å². The fourth-order valence-corrected chi connectivity index (χ4v) is 3.77. The van der Waals surface area contributed by atoms with E-state index in [0.717, 1.165) is 5.56 Å². The number of hydrogen-bond acceptors (Lipinski definition) is 4. The molecule has 2 N–H and O–H groups in total. The molecule has 0 bridgehead atoms. The standard InChI is InChI=1S/C24H29FN2O4/c1-23(2,3)31-22(29)27-20(13-14-24(27,4)21(26)28)16-9-11-18(12-10-16)30-15-17-7-5-6-8-19(17)25/h5-12,20H,13-15H2,1-4H3,(H2,26,28)/t20-,24+/m0/s1. The molecule has 0 radical (unpaired) electrons. The van der Waals surface area contributed by atoms with Crippen LogP contribution in [0.4, 0.5) is 9.18 Å². The zero-order valence-electron chi connectivity index (χ0n) is 18.4. The van der Waals surface area contributed by atoms with Gasteiger partial charge in [-0.1, -0.05) is 30.3 Å². The zero-order valence-corrected chi connectivity index (χ0v) is 18.4. The fraction of sp³-hybridized carbons (Fsp3) is 0.417. The van der Waals surface area contributed by atoms with Crippen molar-refractivity contribution in [2.24, 2.45) is 5.73 Å². The highest BCUT2D eigenvalue weighted by Gasteiger charge is 2.51. The third-order valence-electron chi connectivity index (χ3n) is 5.49. The summed E-state index contributed by atoms with van der Waals surface area (Å²) >= 11 is 0. The highest BCUT2D eigenvalue weighted by molar-refractivity contribution is 5.89.